The summed E-state index contributed by atoms with van der Waals surface area (Å²) in [5.41, 5.74) is 0. The van der Waals surface area contributed by atoms with Crippen molar-refractivity contribution in [3.63, 3.8) is 0 Å². The summed E-state index contributed by atoms with van der Waals surface area (Å²) >= 11 is 3.77. The Morgan fingerprint density at radius 2 is 1.40 bits per heavy atom. The van der Waals surface area contributed by atoms with Crippen LogP contribution in [0.15, 0.2) is 0 Å². The fraction of sp³-hybridized carbons (Fsp3) is 1.00. The Morgan fingerprint density at radius 3 is 1.93 bits per heavy atom. The van der Waals surface area contributed by atoms with E-state index in [9.17, 15) is 0 Å². The highest BCUT2D eigenvalue weighted by atomic mass is 79.9. The first kappa shape index (κ1) is 15.5. The van der Waals surface area contributed by atoms with Gasteiger partial charge in [0.25, 0.3) is 0 Å². The number of hydrogen-bond donors (Lipinski definition) is 0. The van der Waals surface area contributed by atoms with E-state index in [1.54, 1.807) is 0 Å². The topological polar surface area (TPSA) is 0 Å². The smallest absolute Gasteiger partial charge is 0.0148 e. The molecule has 0 N–H and O–H groups in total. The minimum absolute atomic E-state index is 0.758. The Labute approximate surface area is 105 Å². The average Bonchev–Trinajstić information content (AvgIpc) is 2.15. The maximum atomic E-state index is 3.77. The van der Waals surface area contributed by atoms with Crippen LogP contribution >= 0.6 is 15.9 Å². The van der Waals surface area contributed by atoms with Crippen LogP contribution in [-0.4, -0.2) is 4.83 Å². The lowest BCUT2D eigenvalue weighted by Gasteiger charge is -2.11. The molecule has 92 valence electrons. The van der Waals surface area contributed by atoms with Crippen molar-refractivity contribution in [3.8, 4) is 0 Å². The fourth-order valence-electron chi connectivity index (χ4n) is 1.95. The molecule has 0 aliphatic carbocycles. The third-order valence-corrected chi connectivity index (χ3v) is 3.68. The minimum atomic E-state index is 0.758. The van der Waals surface area contributed by atoms with Gasteiger partial charge in [-0.2, -0.15) is 0 Å². The van der Waals surface area contributed by atoms with E-state index in [4.69, 9.17) is 0 Å². The van der Waals surface area contributed by atoms with E-state index >= 15 is 0 Å². The van der Waals surface area contributed by atoms with Crippen LogP contribution in [0.2, 0.25) is 0 Å². The van der Waals surface area contributed by atoms with E-state index in [0.717, 1.165) is 10.7 Å². The van der Waals surface area contributed by atoms with Crippen molar-refractivity contribution in [2.45, 2.75) is 83.4 Å². The summed E-state index contributed by atoms with van der Waals surface area (Å²) in [4.78, 5) is 0.758. The molecule has 1 unspecified atom stereocenters. The Bertz CT molecular complexity index is 121. The highest BCUT2D eigenvalue weighted by Gasteiger charge is 2.05. The molecule has 0 amide bonds. The molecule has 0 heterocycles. The number of alkyl halides is 1. The second-order valence-electron chi connectivity index (χ2n) is 5.14. The van der Waals surface area contributed by atoms with Crippen LogP contribution in [0.25, 0.3) is 0 Å². The molecule has 0 saturated carbocycles. The Kier molecular flexibility index (Phi) is 11.3. The molecular weight excluding hydrogens is 248 g/mol. The van der Waals surface area contributed by atoms with Crippen molar-refractivity contribution >= 4 is 15.9 Å². The molecule has 0 bridgehead atoms. The van der Waals surface area contributed by atoms with Crippen LogP contribution in [0.1, 0.15) is 78.6 Å². The lowest BCUT2D eigenvalue weighted by atomic mass is 10.0. The summed E-state index contributed by atoms with van der Waals surface area (Å²) in [7, 11) is 0. The molecular formula is C14H29Br. The van der Waals surface area contributed by atoms with Crippen LogP contribution in [-0.2, 0) is 0 Å². The average molecular weight is 277 g/mol. The van der Waals surface area contributed by atoms with Crippen LogP contribution < -0.4 is 0 Å². The first-order valence-electron chi connectivity index (χ1n) is 6.80. The van der Waals surface area contributed by atoms with Gasteiger partial charge < -0.3 is 0 Å². The van der Waals surface area contributed by atoms with Crippen molar-refractivity contribution in [1.82, 2.24) is 0 Å². The van der Waals surface area contributed by atoms with Crippen LogP contribution in [0, 0.1) is 5.92 Å². The molecule has 0 nitrogen and oxygen atoms in total. The molecule has 1 atom stereocenters. The second kappa shape index (κ2) is 11.0. The van der Waals surface area contributed by atoms with E-state index in [1.165, 1.54) is 57.8 Å². The molecule has 0 spiro atoms. The van der Waals surface area contributed by atoms with E-state index < -0.39 is 0 Å². The van der Waals surface area contributed by atoms with Gasteiger partial charge in [0.2, 0.25) is 0 Å². The fourth-order valence-corrected chi connectivity index (χ4v) is 3.02. The molecule has 1 heteroatoms. The van der Waals surface area contributed by atoms with Gasteiger partial charge >= 0.3 is 0 Å². The highest BCUT2D eigenvalue weighted by Crippen LogP contribution is 2.19. The van der Waals surface area contributed by atoms with Crippen molar-refractivity contribution in [2.75, 3.05) is 0 Å². The monoisotopic (exact) mass is 276 g/mol. The maximum absolute atomic E-state index is 3.77. The van der Waals surface area contributed by atoms with Crippen LogP contribution in [0.4, 0.5) is 0 Å². The summed E-state index contributed by atoms with van der Waals surface area (Å²) in [5, 5.41) is 0. The molecule has 0 saturated heterocycles. The molecule has 0 radical (unpaired) electrons. The molecule has 15 heavy (non-hydrogen) atoms. The van der Waals surface area contributed by atoms with Gasteiger partial charge in [-0.3, -0.25) is 0 Å². The van der Waals surface area contributed by atoms with Gasteiger partial charge in [-0.05, 0) is 18.8 Å². The van der Waals surface area contributed by atoms with Gasteiger partial charge in [-0.1, -0.05) is 81.6 Å². The van der Waals surface area contributed by atoms with E-state index in [1.807, 2.05) is 0 Å². The lowest BCUT2D eigenvalue weighted by molar-refractivity contribution is 0.521. The molecule has 0 fully saturated rings. The lowest BCUT2D eigenvalue weighted by Crippen LogP contribution is -2.02. The normalized spacial score (nSPS) is 13.4. The quantitative estimate of drug-likeness (QED) is 0.342. The Balaban J connectivity index is 3.09. The van der Waals surface area contributed by atoms with E-state index in [0.29, 0.717) is 0 Å². The van der Waals surface area contributed by atoms with Crippen molar-refractivity contribution in [1.29, 1.82) is 0 Å². The number of rotatable bonds is 10. The maximum Gasteiger partial charge on any atom is 0.0148 e. The molecule has 0 aromatic rings. The van der Waals surface area contributed by atoms with Gasteiger partial charge in [0.15, 0.2) is 0 Å². The summed E-state index contributed by atoms with van der Waals surface area (Å²) in [6, 6.07) is 0. The minimum Gasteiger partial charge on any atom is -0.0891 e. The Morgan fingerprint density at radius 1 is 0.867 bits per heavy atom. The van der Waals surface area contributed by atoms with Gasteiger partial charge in [0.1, 0.15) is 0 Å². The van der Waals surface area contributed by atoms with Gasteiger partial charge in [0, 0.05) is 4.83 Å². The first-order chi connectivity index (χ1) is 7.16. The molecule has 0 aliphatic rings. The van der Waals surface area contributed by atoms with E-state index in [-0.39, 0.29) is 0 Å². The molecule has 0 aromatic carbocycles. The van der Waals surface area contributed by atoms with Crippen molar-refractivity contribution in [3.05, 3.63) is 0 Å². The number of halogens is 1. The van der Waals surface area contributed by atoms with Gasteiger partial charge in [-0.25, -0.2) is 0 Å². The van der Waals surface area contributed by atoms with Crippen molar-refractivity contribution < 1.29 is 0 Å². The standard InChI is InChI=1S/C14H29Br/c1-4-5-6-7-8-9-10-11-14(15)12-13(2)3/h13-14H,4-12H2,1-3H3. The zero-order valence-corrected chi connectivity index (χ0v) is 12.5. The number of hydrogen-bond acceptors (Lipinski definition) is 0. The Hall–Kier alpha value is 0.480. The predicted octanol–water partition coefficient (Wildman–Crippen LogP) is 5.94. The third kappa shape index (κ3) is 12.4. The van der Waals surface area contributed by atoms with Crippen molar-refractivity contribution in [2.24, 2.45) is 5.92 Å². The molecule has 0 aromatic heterocycles. The van der Waals surface area contributed by atoms with Crippen LogP contribution in [0.5, 0.6) is 0 Å². The van der Waals surface area contributed by atoms with E-state index in [2.05, 4.69) is 36.7 Å². The van der Waals surface area contributed by atoms with Gasteiger partial charge in [0.05, 0.1) is 0 Å². The zero-order chi connectivity index (χ0) is 11.5. The zero-order valence-electron chi connectivity index (χ0n) is 10.9. The highest BCUT2D eigenvalue weighted by molar-refractivity contribution is 9.09. The first-order valence-corrected chi connectivity index (χ1v) is 7.72. The summed E-state index contributed by atoms with van der Waals surface area (Å²) in [6.07, 6.45) is 12.7. The summed E-state index contributed by atoms with van der Waals surface area (Å²) < 4.78 is 0. The number of unbranched alkanes of at least 4 members (excludes halogenated alkanes) is 6. The summed E-state index contributed by atoms with van der Waals surface area (Å²) in [5.74, 6) is 0.832. The molecule has 0 rings (SSSR count). The molecule has 0 aliphatic heterocycles. The summed E-state index contributed by atoms with van der Waals surface area (Å²) in [6.45, 7) is 6.89. The van der Waals surface area contributed by atoms with Gasteiger partial charge in [-0.15, -0.1) is 0 Å². The second-order valence-corrected chi connectivity index (χ2v) is 6.43. The third-order valence-electron chi connectivity index (χ3n) is 2.85. The van der Waals surface area contributed by atoms with Crippen LogP contribution in [0.3, 0.4) is 0 Å². The predicted molar refractivity (Wildman–Crippen MR) is 74.8 cm³/mol. The largest absolute Gasteiger partial charge is 0.0891 e. The SMILES string of the molecule is CCCCCCCCCC(Br)CC(C)C.